The maximum absolute atomic E-state index is 12.1. The first-order valence-electron chi connectivity index (χ1n) is 5.42. The molecule has 0 radical (unpaired) electrons. The fourth-order valence-electron chi connectivity index (χ4n) is 1.11. The van der Waals surface area contributed by atoms with Gasteiger partial charge in [-0.15, -0.1) is 0 Å². The van der Waals surface area contributed by atoms with Crippen molar-refractivity contribution in [1.82, 2.24) is 19.9 Å². The summed E-state index contributed by atoms with van der Waals surface area (Å²) in [4.78, 5) is 12.7. The van der Waals surface area contributed by atoms with Crippen molar-refractivity contribution in [1.29, 1.82) is 0 Å². The van der Waals surface area contributed by atoms with E-state index in [2.05, 4.69) is 35.9 Å². The number of nitrogens with zero attached hydrogens (tertiary/aromatic N) is 4. The highest BCUT2D eigenvalue weighted by Gasteiger charge is 2.35. The number of hydrogen-bond acceptors (Lipinski definition) is 6. The van der Waals surface area contributed by atoms with E-state index in [1.54, 1.807) is 0 Å². The van der Waals surface area contributed by atoms with Gasteiger partial charge in [0.1, 0.15) is 5.69 Å². The zero-order valence-electron chi connectivity index (χ0n) is 10.8. The van der Waals surface area contributed by atoms with E-state index < -0.39 is 29.7 Å². The van der Waals surface area contributed by atoms with Gasteiger partial charge in [0.15, 0.2) is 5.69 Å². The maximum atomic E-state index is 12.1. The van der Waals surface area contributed by atoms with E-state index in [9.17, 15) is 26.3 Å². The van der Waals surface area contributed by atoms with Gasteiger partial charge in [0.2, 0.25) is 11.9 Å². The molecule has 4 N–H and O–H groups in total. The second-order valence-electron chi connectivity index (χ2n) is 3.72. The summed E-state index contributed by atoms with van der Waals surface area (Å²) < 4.78 is 71.4. The molecule has 0 aromatic carbocycles. The number of aromatic nitrogens is 4. The Bertz CT molecular complexity index is 674. The van der Waals surface area contributed by atoms with Gasteiger partial charge in [-0.2, -0.15) is 26.3 Å². The first-order valence-corrected chi connectivity index (χ1v) is 6.21. The van der Waals surface area contributed by atoms with E-state index in [1.165, 1.54) is 0 Å². The van der Waals surface area contributed by atoms with Crippen LogP contribution in [-0.2, 0) is 12.4 Å². The minimum Gasteiger partial charge on any atom is -0.368 e. The minimum atomic E-state index is -4.50. The van der Waals surface area contributed by atoms with Crippen LogP contribution in [0.15, 0.2) is 22.9 Å². The lowest BCUT2D eigenvalue weighted by Crippen LogP contribution is -2.11. The molecule has 0 bridgehead atoms. The molecule has 0 aliphatic carbocycles. The number of hydrogen-bond donors (Lipinski definition) is 2. The molecule has 0 saturated heterocycles. The van der Waals surface area contributed by atoms with Gasteiger partial charge in [-0.25, -0.2) is 19.9 Å². The SMILES string of the molecule is Nc1ncc(Br)c(C(F)(F)F)n1.Nc1nccc(C(F)(F)F)n1. The zero-order chi connectivity index (χ0) is 17.8. The lowest BCUT2D eigenvalue weighted by Gasteiger charge is -2.06. The molecule has 0 amide bonds. The van der Waals surface area contributed by atoms with Crippen LogP contribution in [0.25, 0.3) is 0 Å². The molecular weight excluding hydrogens is 398 g/mol. The van der Waals surface area contributed by atoms with Crippen LogP contribution in [-0.4, -0.2) is 19.9 Å². The van der Waals surface area contributed by atoms with Crippen molar-refractivity contribution in [3.05, 3.63) is 34.3 Å². The van der Waals surface area contributed by atoms with E-state index >= 15 is 0 Å². The normalized spacial score (nSPS) is 11.6. The third kappa shape index (κ3) is 5.84. The number of alkyl halides is 6. The van der Waals surface area contributed by atoms with Crippen molar-refractivity contribution < 1.29 is 26.3 Å². The van der Waals surface area contributed by atoms with Gasteiger partial charge in [-0.1, -0.05) is 0 Å². The molecular formula is C10H7BrF6N6. The summed E-state index contributed by atoms with van der Waals surface area (Å²) in [6.07, 6.45) is -7.02. The molecule has 6 nitrogen and oxygen atoms in total. The highest BCUT2D eigenvalue weighted by Crippen LogP contribution is 2.32. The van der Waals surface area contributed by atoms with E-state index in [-0.39, 0.29) is 10.4 Å². The van der Waals surface area contributed by atoms with E-state index in [1.807, 2.05) is 0 Å². The molecule has 0 saturated carbocycles. The topological polar surface area (TPSA) is 104 Å². The van der Waals surface area contributed by atoms with Crippen LogP contribution in [0.2, 0.25) is 0 Å². The third-order valence-electron chi connectivity index (χ3n) is 2.00. The standard InChI is InChI=1S/C5H3BrF3N3.C5H4F3N3/c6-2-1-11-4(10)12-3(2)5(7,8)9;6-5(7,8)3-1-2-10-4(9)11-3/h1H,(H2,10,11,12);1-2H,(H2,9,10,11). The maximum Gasteiger partial charge on any atom is 0.434 e. The lowest BCUT2D eigenvalue weighted by molar-refractivity contribution is -0.142. The molecule has 2 aromatic heterocycles. The number of halogens is 7. The van der Waals surface area contributed by atoms with Crippen molar-refractivity contribution in [2.45, 2.75) is 12.4 Å². The molecule has 0 aliphatic heterocycles. The van der Waals surface area contributed by atoms with Crippen LogP contribution in [0.5, 0.6) is 0 Å². The Morgan fingerprint density at radius 2 is 1.43 bits per heavy atom. The number of nitrogen functional groups attached to an aromatic ring is 2. The molecule has 2 aromatic rings. The molecule has 0 spiro atoms. The van der Waals surface area contributed by atoms with Crippen molar-refractivity contribution in [3.63, 3.8) is 0 Å². The smallest absolute Gasteiger partial charge is 0.368 e. The van der Waals surface area contributed by atoms with Crippen molar-refractivity contribution in [2.75, 3.05) is 11.5 Å². The lowest BCUT2D eigenvalue weighted by atomic mass is 10.4. The van der Waals surface area contributed by atoms with Crippen LogP contribution < -0.4 is 11.5 Å². The molecule has 0 fully saturated rings. The Labute approximate surface area is 133 Å². The molecule has 126 valence electrons. The Balaban J connectivity index is 0.000000231. The zero-order valence-corrected chi connectivity index (χ0v) is 12.4. The summed E-state index contributed by atoms with van der Waals surface area (Å²) in [6.45, 7) is 0. The quantitative estimate of drug-likeness (QED) is 0.654. The highest BCUT2D eigenvalue weighted by atomic mass is 79.9. The molecule has 13 heteroatoms. The summed E-state index contributed by atoms with van der Waals surface area (Å²) in [5.41, 5.74) is 7.83. The number of rotatable bonds is 0. The molecule has 2 heterocycles. The van der Waals surface area contributed by atoms with Gasteiger partial charge >= 0.3 is 12.4 Å². The van der Waals surface area contributed by atoms with Crippen molar-refractivity contribution >= 4 is 27.8 Å². The summed E-state index contributed by atoms with van der Waals surface area (Å²) in [6, 6.07) is 0.760. The van der Waals surface area contributed by atoms with Crippen LogP contribution in [0.1, 0.15) is 11.4 Å². The Hall–Kier alpha value is -2.18. The Kier molecular flexibility index (Phi) is 5.69. The van der Waals surface area contributed by atoms with Crippen LogP contribution in [0, 0.1) is 0 Å². The predicted molar refractivity (Wildman–Crippen MR) is 70.6 cm³/mol. The van der Waals surface area contributed by atoms with E-state index in [0.29, 0.717) is 0 Å². The second kappa shape index (κ2) is 6.93. The molecule has 0 unspecified atom stereocenters. The molecule has 0 atom stereocenters. The van der Waals surface area contributed by atoms with Gasteiger partial charge in [-0.3, -0.25) is 0 Å². The summed E-state index contributed by atoms with van der Waals surface area (Å²) in [5, 5.41) is 0. The van der Waals surface area contributed by atoms with Crippen LogP contribution in [0.4, 0.5) is 38.2 Å². The Morgan fingerprint density at radius 1 is 0.870 bits per heavy atom. The number of anilines is 2. The van der Waals surface area contributed by atoms with Gasteiger partial charge in [-0.05, 0) is 22.0 Å². The summed E-state index contributed by atoms with van der Waals surface area (Å²) >= 11 is 2.67. The van der Waals surface area contributed by atoms with Gasteiger partial charge in [0, 0.05) is 12.4 Å². The van der Waals surface area contributed by atoms with Crippen LogP contribution >= 0.6 is 15.9 Å². The van der Waals surface area contributed by atoms with Gasteiger partial charge < -0.3 is 11.5 Å². The fraction of sp³-hybridized carbons (Fsp3) is 0.200. The summed E-state index contributed by atoms with van der Waals surface area (Å²) in [5.74, 6) is -0.773. The van der Waals surface area contributed by atoms with Crippen molar-refractivity contribution in [3.8, 4) is 0 Å². The average molecular weight is 405 g/mol. The summed E-state index contributed by atoms with van der Waals surface area (Å²) in [7, 11) is 0. The Morgan fingerprint density at radius 3 is 1.83 bits per heavy atom. The average Bonchev–Trinajstić information content (AvgIpc) is 2.40. The van der Waals surface area contributed by atoms with Gasteiger partial charge in [0.25, 0.3) is 0 Å². The van der Waals surface area contributed by atoms with Gasteiger partial charge in [0.05, 0.1) is 4.47 Å². The molecule has 0 aliphatic rings. The second-order valence-corrected chi connectivity index (χ2v) is 4.57. The van der Waals surface area contributed by atoms with E-state index in [4.69, 9.17) is 11.5 Å². The first kappa shape index (κ1) is 18.9. The predicted octanol–water partition coefficient (Wildman–Crippen LogP) is 2.92. The molecule has 23 heavy (non-hydrogen) atoms. The minimum absolute atomic E-state index is 0.218. The van der Waals surface area contributed by atoms with E-state index in [0.717, 1.165) is 18.5 Å². The monoisotopic (exact) mass is 404 g/mol. The molecule has 2 rings (SSSR count). The number of nitrogens with two attached hydrogens (primary N) is 2. The van der Waals surface area contributed by atoms with Crippen LogP contribution in [0.3, 0.4) is 0 Å². The third-order valence-corrected chi connectivity index (χ3v) is 2.58. The highest BCUT2D eigenvalue weighted by molar-refractivity contribution is 9.10. The largest absolute Gasteiger partial charge is 0.434 e. The fourth-order valence-corrected chi connectivity index (χ4v) is 1.53. The van der Waals surface area contributed by atoms with Crippen molar-refractivity contribution in [2.24, 2.45) is 0 Å². The first-order chi connectivity index (χ1) is 10.4.